The Morgan fingerprint density at radius 2 is 2.23 bits per heavy atom. The first-order chi connectivity index (χ1) is 10.6. The maximum atomic E-state index is 12.2. The molecule has 1 heterocycles. The second-order valence-corrected chi connectivity index (χ2v) is 5.24. The Labute approximate surface area is 128 Å². The Hall–Kier alpha value is -2.15. The molecular formula is C15H20N2O5. The van der Waals surface area contributed by atoms with E-state index in [2.05, 4.69) is 10.3 Å². The highest BCUT2D eigenvalue weighted by molar-refractivity contribution is 5.94. The third kappa shape index (κ3) is 4.42. The Kier molecular flexibility index (Phi) is 5.71. The fourth-order valence-electron chi connectivity index (χ4n) is 2.46. The third-order valence-corrected chi connectivity index (χ3v) is 3.65. The average Bonchev–Trinajstić information content (AvgIpc) is 2.96. The fourth-order valence-corrected chi connectivity index (χ4v) is 2.46. The molecule has 0 aliphatic heterocycles. The smallest absolute Gasteiger partial charge is 0.306 e. The van der Waals surface area contributed by atoms with Crippen LogP contribution >= 0.6 is 0 Å². The summed E-state index contributed by atoms with van der Waals surface area (Å²) in [7, 11) is 1.58. The molecule has 22 heavy (non-hydrogen) atoms. The van der Waals surface area contributed by atoms with Crippen molar-refractivity contribution in [1.82, 2.24) is 10.3 Å². The highest BCUT2D eigenvalue weighted by Crippen LogP contribution is 2.26. The molecule has 0 aromatic carbocycles. The van der Waals surface area contributed by atoms with Gasteiger partial charge in [-0.25, -0.2) is 4.98 Å². The number of rotatable bonds is 7. The number of ether oxygens (including phenoxy) is 2. The molecule has 7 nitrogen and oxygen atoms in total. The highest BCUT2D eigenvalue weighted by Gasteiger charge is 2.30. The van der Waals surface area contributed by atoms with Crippen LogP contribution in [0.3, 0.4) is 0 Å². The number of hydrogen-bond donors (Lipinski definition) is 2. The SMILES string of the molecule is COCCOc1cc(C(=O)N[C@H]2CC[C@@H](C(=O)O)C2)ccn1. The molecule has 0 radical (unpaired) electrons. The van der Waals surface area contributed by atoms with Crippen molar-refractivity contribution in [2.45, 2.75) is 25.3 Å². The van der Waals surface area contributed by atoms with Gasteiger partial charge < -0.3 is 19.9 Å². The van der Waals surface area contributed by atoms with Crippen LogP contribution in [-0.2, 0) is 9.53 Å². The lowest BCUT2D eigenvalue weighted by Gasteiger charge is -2.13. The van der Waals surface area contributed by atoms with E-state index in [0.29, 0.717) is 43.9 Å². The predicted molar refractivity (Wildman–Crippen MR) is 77.8 cm³/mol. The quantitative estimate of drug-likeness (QED) is 0.732. The van der Waals surface area contributed by atoms with Crippen molar-refractivity contribution >= 4 is 11.9 Å². The highest BCUT2D eigenvalue weighted by atomic mass is 16.5. The molecule has 2 rings (SSSR count). The van der Waals surface area contributed by atoms with Crippen LogP contribution in [0.4, 0.5) is 0 Å². The van der Waals surface area contributed by atoms with Gasteiger partial charge in [0, 0.05) is 31.0 Å². The van der Waals surface area contributed by atoms with E-state index in [-0.39, 0.29) is 17.9 Å². The zero-order valence-corrected chi connectivity index (χ0v) is 12.4. The standard InChI is InChI=1S/C15H20N2O5/c1-21-6-7-22-13-9-10(4-5-16-13)14(18)17-12-3-2-11(8-12)15(19)20/h4-5,9,11-12H,2-3,6-8H2,1H3,(H,17,18)(H,19,20)/t11-,12+/m1/s1. The maximum absolute atomic E-state index is 12.2. The number of aliphatic carboxylic acids is 1. The lowest BCUT2D eigenvalue weighted by atomic mass is 10.1. The first-order valence-electron chi connectivity index (χ1n) is 7.21. The van der Waals surface area contributed by atoms with Crippen molar-refractivity contribution in [3.63, 3.8) is 0 Å². The average molecular weight is 308 g/mol. The molecule has 7 heteroatoms. The largest absolute Gasteiger partial charge is 0.481 e. The minimum atomic E-state index is -0.797. The number of nitrogens with one attached hydrogen (secondary N) is 1. The molecule has 120 valence electrons. The summed E-state index contributed by atoms with van der Waals surface area (Å²) in [6.07, 6.45) is 3.27. The van der Waals surface area contributed by atoms with Gasteiger partial charge in [0.2, 0.25) is 5.88 Å². The van der Waals surface area contributed by atoms with E-state index >= 15 is 0 Å². The van der Waals surface area contributed by atoms with Crippen LogP contribution in [0.15, 0.2) is 18.3 Å². The van der Waals surface area contributed by atoms with Gasteiger partial charge in [-0.15, -0.1) is 0 Å². The Morgan fingerprint density at radius 1 is 1.41 bits per heavy atom. The van der Waals surface area contributed by atoms with Crippen molar-refractivity contribution in [2.24, 2.45) is 5.92 Å². The maximum Gasteiger partial charge on any atom is 0.306 e. The monoisotopic (exact) mass is 308 g/mol. The molecule has 1 amide bonds. The van der Waals surface area contributed by atoms with Gasteiger partial charge in [0.1, 0.15) is 6.61 Å². The van der Waals surface area contributed by atoms with Crippen molar-refractivity contribution < 1.29 is 24.2 Å². The molecule has 1 aliphatic rings. The number of nitrogens with zero attached hydrogens (tertiary/aromatic N) is 1. The summed E-state index contributed by atoms with van der Waals surface area (Å²) in [6, 6.07) is 3.07. The van der Waals surface area contributed by atoms with Crippen LogP contribution in [-0.4, -0.2) is 48.3 Å². The number of amides is 1. The van der Waals surface area contributed by atoms with E-state index in [4.69, 9.17) is 14.6 Å². The minimum Gasteiger partial charge on any atom is -0.481 e. The molecular weight excluding hydrogens is 288 g/mol. The molecule has 1 aliphatic carbocycles. The number of carbonyl (C=O) groups excluding carboxylic acids is 1. The number of methoxy groups -OCH3 is 1. The van der Waals surface area contributed by atoms with E-state index in [1.807, 2.05) is 0 Å². The summed E-state index contributed by atoms with van der Waals surface area (Å²) in [5, 5.41) is 11.8. The first-order valence-corrected chi connectivity index (χ1v) is 7.21. The Bertz CT molecular complexity index is 534. The van der Waals surface area contributed by atoms with E-state index in [9.17, 15) is 9.59 Å². The van der Waals surface area contributed by atoms with E-state index in [0.717, 1.165) is 0 Å². The van der Waals surface area contributed by atoms with Crippen molar-refractivity contribution in [3.8, 4) is 5.88 Å². The number of hydrogen-bond acceptors (Lipinski definition) is 5. The second-order valence-electron chi connectivity index (χ2n) is 5.24. The molecule has 1 aromatic rings. The van der Waals surface area contributed by atoms with Gasteiger partial charge in [0.15, 0.2) is 0 Å². The van der Waals surface area contributed by atoms with E-state index < -0.39 is 5.97 Å². The molecule has 0 bridgehead atoms. The van der Waals surface area contributed by atoms with Gasteiger partial charge in [-0.05, 0) is 25.3 Å². The minimum absolute atomic E-state index is 0.0976. The first kappa shape index (κ1) is 16.2. The van der Waals surface area contributed by atoms with Gasteiger partial charge in [0.05, 0.1) is 12.5 Å². The molecule has 0 unspecified atom stereocenters. The van der Waals surface area contributed by atoms with Crippen LogP contribution in [0, 0.1) is 5.92 Å². The molecule has 2 atom stereocenters. The van der Waals surface area contributed by atoms with Crippen molar-refractivity contribution in [3.05, 3.63) is 23.9 Å². The number of aromatic nitrogens is 1. The van der Waals surface area contributed by atoms with Crippen molar-refractivity contribution in [1.29, 1.82) is 0 Å². The van der Waals surface area contributed by atoms with Gasteiger partial charge >= 0.3 is 5.97 Å². The number of carbonyl (C=O) groups is 2. The second kappa shape index (κ2) is 7.74. The summed E-state index contributed by atoms with van der Waals surface area (Å²) in [4.78, 5) is 27.1. The van der Waals surface area contributed by atoms with Crippen LogP contribution in [0.5, 0.6) is 5.88 Å². The van der Waals surface area contributed by atoms with Gasteiger partial charge in [-0.1, -0.05) is 0 Å². The van der Waals surface area contributed by atoms with Crippen molar-refractivity contribution in [2.75, 3.05) is 20.3 Å². The molecule has 0 spiro atoms. The van der Waals surface area contributed by atoms with E-state index in [1.54, 1.807) is 19.2 Å². The topological polar surface area (TPSA) is 97.8 Å². The Morgan fingerprint density at radius 3 is 2.91 bits per heavy atom. The summed E-state index contributed by atoms with van der Waals surface area (Å²) in [5.41, 5.74) is 0.446. The Balaban J connectivity index is 1.90. The van der Waals surface area contributed by atoms with Crippen LogP contribution < -0.4 is 10.1 Å². The lowest BCUT2D eigenvalue weighted by molar-refractivity contribution is -0.141. The van der Waals surface area contributed by atoms with Crippen LogP contribution in [0.2, 0.25) is 0 Å². The molecule has 1 aromatic heterocycles. The molecule has 2 N–H and O–H groups in total. The van der Waals surface area contributed by atoms with Gasteiger partial charge in [0.25, 0.3) is 5.91 Å². The lowest BCUT2D eigenvalue weighted by Crippen LogP contribution is -2.33. The number of carboxylic acids is 1. The van der Waals surface area contributed by atoms with E-state index in [1.165, 1.54) is 6.20 Å². The van der Waals surface area contributed by atoms with Gasteiger partial charge in [-0.3, -0.25) is 9.59 Å². The molecule has 0 saturated heterocycles. The van der Waals surface area contributed by atoms with Crippen LogP contribution in [0.25, 0.3) is 0 Å². The molecule has 1 saturated carbocycles. The molecule has 1 fully saturated rings. The summed E-state index contributed by atoms with van der Waals surface area (Å²) in [6.45, 7) is 0.800. The zero-order chi connectivity index (χ0) is 15.9. The summed E-state index contributed by atoms with van der Waals surface area (Å²) in [5.74, 6) is -1.04. The predicted octanol–water partition coefficient (Wildman–Crippen LogP) is 1.09. The van der Waals surface area contributed by atoms with Crippen LogP contribution in [0.1, 0.15) is 29.6 Å². The fraction of sp³-hybridized carbons (Fsp3) is 0.533. The number of carboxylic acid groups (broad SMARTS) is 1. The zero-order valence-electron chi connectivity index (χ0n) is 12.4. The third-order valence-electron chi connectivity index (χ3n) is 3.65. The normalized spacial score (nSPS) is 20.6. The summed E-state index contributed by atoms with van der Waals surface area (Å²) >= 11 is 0. The summed E-state index contributed by atoms with van der Waals surface area (Å²) < 4.78 is 10.2. The number of pyridine rings is 1. The van der Waals surface area contributed by atoms with Gasteiger partial charge in [-0.2, -0.15) is 0 Å².